The number of aryl methyl sites for hydroxylation is 2. The van der Waals surface area contributed by atoms with Gasteiger partial charge in [-0.25, -0.2) is 4.79 Å². The number of ether oxygens (including phenoxy) is 1. The second-order valence-electron chi connectivity index (χ2n) is 4.89. The molecule has 4 nitrogen and oxygen atoms in total. The summed E-state index contributed by atoms with van der Waals surface area (Å²) in [7, 11) is 0. The van der Waals surface area contributed by atoms with E-state index in [1.807, 2.05) is 32.0 Å². The molecular formula is C17H18BrNO3S. The van der Waals surface area contributed by atoms with Gasteiger partial charge in [0.25, 0.3) is 5.91 Å². The maximum Gasteiger partial charge on any atom is 0.348 e. The van der Waals surface area contributed by atoms with Gasteiger partial charge in [-0.2, -0.15) is 0 Å². The summed E-state index contributed by atoms with van der Waals surface area (Å²) < 4.78 is 5.91. The Morgan fingerprint density at radius 3 is 2.30 bits per heavy atom. The third-order valence-electron chi connectivity index (χ3n) is 3.37. The lowest BCUT2D eigenvalue weighted by Gasteiger charge is -2.14. The van der Waals surface area contributed by atoms with E-state index in [9.17, 15) is 9.59 Å². The molecule has 122 valence electrons. The molecule has 1 N–H and O–H groups in total. The SMILES string of the molecule is CCc1cccc(CC)c1NC(=O)COC(=O)c1ccc(Br)s1. The van der Waals surface area contributed by atoms with Gasteiger partial charge in [0.2, 0.25) is 0 Å². The van der Waals surface area contributed by atoms with Crippen molar-refractivity contribution in [3.63, 3.8) is 0 Å². The van der Waals surface area contributed by atoms with Crippen LogP contribution in [0.5, 0.6) is 0 Å². The third-order valence-corrected chi connectivity index (χ3v) is 4.98. The van der Waals surface area contributed by atoms with E-state index in [-0.39, 0.29) is 12.5 Å². The minimum absolute atomic E-state index is 0.296. The van der Waals surface area contributed by atoms with Crippen LogP contribution in [0.3, 0.4) is 0 Å². The zero-order valence-corrected chi connectivity index (χ0v) is 15.4. The number of hydrogen-bond acceptors (Lipinski definition) is 4. The van der Waals surface area contributed by atoms with Crippen LogP contribution >= 0.6 is 27.3 Å². The smallest absolute Gasteiger partial charge is 0.348 e. The van der Waals surface area contributed by atoms with Gasteiger partial charge in [-0.1, -0.05) is 32.0 Å². The maximum atomic E-state index is 12.1. The first-order valence-electron chi connectivity index (χ1n) is 7.38. The zero-order chi connectivity index (χ0) is 16.8. The average molecular weight is 396 g/mol. The monoisotopic (exact) mass is 395 g/mol. The number of nitrogens with one attached hydrogen (secondary N) is 1. The fourth-order valence-corrected chi connectivity index (χ4v) is 3.48. The summed E-state index contributed by atoms with van der Waals surface area (Å²) in [6.45, 7) is 3.79. The molecule has 0 saturated heterocycles. The Balaban J connectivity index is 1.99. The van der Waals surface area contributed by atoms with Crippen molar-refractivity contribution in [3.05, 3.63) is 50.1 Å². The predicted octanol–water partition coefficient (Wildman–Crippen LogP) is 4.43. The van der Waals surface area contributed by atoms with Crippen molar-refractivity contribution < 1.29 is 14.3 Å². The normalized spacial score (nSPS) is 10.4. The Bertz CT molecular complexity index is 689. The number of halogens is 1. The number of carbonyl (C=O) groups is 2. The second-order valence-corrected chi connectivity index (χ2v) is 7.35. The molecule has 0 unspecified atom stereocenters. The highest BCUT2D eigenvalue weighted by molar-refractivity contribution is 9.11. The highest BCUT2D eigenvalue weighted by Gasteiger charge is 2.14. The highest BCUT2D eigenvalue weighted by Crippen LogP contribution is 2.24. The minimum Gasteiger partial charge on any atom is -0.451 e. The Labute approximate surface area is 148 Å². The van der Waals surface area contributed by atoms with E-state index in [4.69, 9.17) is 4.74 Å². The Morgan fingerprint density at radius 2 is 1.78 bits per heavy atom. The first kappa shape index (κ1) is 17.7. The van der Waals surface area contributed by atoms with Crippen LogP contribution in [-0.2, 0) is 22.4 Å². The number of para-hydroxylation sites is 1. The minimum atomic E-state index is -0.490. The summed E-state index contributed by atoms with van der Waals surface area (Å²) in [5.41, 5.74) is 2.98. The molecule has 2 aromatic rings. The molecule has 23 heavy (non-hydrogen) atoms. The van der Waals surface area contributed by atoms with Gasteiger partial charge >= 0.3 is 5.97 Å². The summed E-state index contributed by atoms with van der Waals surface area (Å²) in [4.78, 5) is 24.4. The van der Waals surface area contributed by atoms with Crippen molar-refractivity contribution in [1.82, 2.24) is 0 Å². The van der Waals surface area contributed by atoms with Gasteiger partial charge < -0.3 is 10.1 Å². The van der Waals surface area contributed by atoms with Gasteiger partial charge in [-0.05, 0) is 52.0 Å². The molecular weight excluding hydrogens is 378 g/mol. The summed E-state index contributed by atoms with van der Waals surface area (Å²) >= 11 is 4.56. The quantitative estimate of drug-likeness (QED) is 0.735. The molecule has 0 fully saturated rings. The third kappa shape index (κ3) is 4.65. The predicted molar refractivity (Wildman–Crippen MR) is 96.1 cm³/mol. The number of amides is 1. The summed E-state index contributed by atoms with van der Waals surface area (Å²) in [6.07, 6.45) is 1.65. The van der Waals surface area contributed by atoms with E-state index in [0.29, 0.717) is 4.88 Å². The molecule has 0 bridgehead atoms. The van der Waals surface area contributed by atoms with Gasteiger partial charge in [0.05, 0.1) is 3.79 Å². The number of esters is 1. The molecule has 6 heteroatoms. The van der Waals surface area contributed by atoms with Crippen molar-refractivity contribution in [3.8, 4) is 0 Å². The average Bonchev–Trinajstić information content (AvgIpc) is 2.99. The number of benzene rings is 1. The molecule has 1 aromatic heterocycles. The van der Waals surface area contributed by atoms with Crippen molar-refractivity contribution >= 4 is 44.8 Å². The van der Waals surface area contributed by atoms with E-state index < -0.39 is 5.97 Å². The molecule has 0 saturated carbocycles. The summed E-state index contributed by atoms with van der Waals surface area (Å²) in [5.74, 6) is -0.820. The number of carbonyl (C=O) groups excluding carboxylic acids is 2. The molecule has 1 heterocycles. The summed E-state index contributed by atoms with van der Waals surface area (Å²) in [6, 6.07) is 9.40. The van der Waals surface area contributed by atoms with E-state index >= 15 is 0 Å². The van der Waals surface area contributed by atoms with Crippen LogP contribution < -0.4 is 5.32 Å². The van der Waals surface area contributed by atoms with E-state index in [1.165, 1.54) is 11.3 Å². The standard InChI is InChI=1S/C17H18BrNO3S/c1-3-11-6-5-7-12(4-2)16(11)19-15(20)10-22-17(21)13-8-9-14(18)23-13/h5-9H,3-4,10H2,1-2H3,(H,19,20). The molecule has 1 aromatic carbocycles. The molecule has 0 aliphatic rings. The van der Waals surface area contributed by atoms with Crippen molar-refractivity contribution in [2.45, 2.75) is 26.7 Å². The summed E-state index contributed by atoms with van der Waals surface area (Å²) in [5, 5.41) is 2.87. The van der Waals surface area contributed by atoms with Crippen molar-refractivity contribution in [2.75, 3.05) is 11.9 Å². The highest BCUT2D eigenvalue weighted by atomic mass is 79.9. The molecule has 1 amide bonds. The van der Waals surface area contributed by atoms with Crippen LogP contribution in [0.15, 0.2) is 34.1 Å². The van der Waals surface area contributed by atoms with Crippen LogP contribution in [-0.4, -0.2) is 18.5 Å². The first-order valence-corrected chi connectivity index (χ1v) is 8.99. The van der Waals surface area contributed by atoms with Gasteiger partial charge in [-0.3, -0.25) is 4.79 Å². The zero-order valence-electron chi connectivity index (χ0n) is 13.0. The second kappa shape index (κ2) is 8.26. The largest absolute Gasteiger partial charge is 0.451 e. The maximum absolute atomic E-state index is 12.1. The Morgan fingerprint density at radius 1 is 1.13 bits per heavy atom. The van der Waals surface area contributed by atoms with Crippen LogP contribution in [0.1, 0.15) is 34.6 Å². The van der Waals surface area contributed by atoms with E-state index in [0.717, 1.165) is 33.4 Å². The van der Waals surface area contributed by atoms with Gasteiger partial charge in [0.15, 0.2) is 6.61 Å². The molecule has 0 radical (unpaired) electrons. The molecule has 0 spiro atoms. The fraction of sp³-hybridized carbons (Fsp3) is 0.294. The van der Waals surface area contributed by atoms with Crippen LogP contribution in [0.25, 0.3) is 0 Å². The molecule has 2 rings (SSSR count). The lowest BCUT2D eigenvalue weighted by molar-refractivity contribution is -0.119. The lowest BCUT2D eigenvalue weighted by Crippen LogP contribution is -2.22. The number of thiophene rings is 1. The van der Waals surface area contributed by atoms with Crippen molar-refractivity contribution in [1.29, 1.82) is 0 Å². The van der Waals surface area contributed by atoms with Crippen LogP contribution in [0.2, 0.25) is 0 Å². The molecule has 0 aliphatic heterocycles. The van der Waals surface area contributed by atoms with Crippen LogP contribution in [0, 0.1) is 0 Å². The lowest BCUT2D eigenvalue weighted by atomic mass is 10.0. The molecule has 0 aliphatic carbocycles. The topological polar surface area (TPSA) is 55.4 Å². The fourth-order valence-electron chi connectivity index (χ4n) is 2.20. The van der Waals surface area contributed by atoms with E-state index in [2.05, 4.69) is 21.2 Å². The van der Waals surface area contributed by atoms with Crippen LogP contribution in [0.4, 0.5) is 5.69 Å². The number of rotatable bonds is 6. The van der Waals surface area contributed by atoms with Gasteiger partial charge in [0, 0.05) is 5.69 Å². The Kier molecular flexibility index (Phi) is 6.36. The number of hydrogen-bond donors (Lipinski definition) is 1. The Hall–Kier alpha value is -1.66. The number of anilines is 1. The van der Waals surface area contributed by atoms with Crippen molar-refractivity contribution in [2.24, 2.45) is 0 Å². The van der Waals surface area contributed by atoms with Gasteiger partial charge in [0.1, 0.15) is 4.88 Å². The van der Waals surface area contributed by atoms with E-state index in [1.54, 1.807) is 12.1 Å². The first-order chi connectivity index (χ1) is 11.0. The van der Waals surface area contributed by atoms with Gasteiger partial charge in [-0.15, -0.1) is 11.3 Å². The molecule has 0 atom stereocenters.